The van der Waals surface area contributed by atoms with Gasteiger partial charge in [-0.25, -0.2) is 4.79 Å². The van der Waals surface area contributed by atoms with Crippen LogP contribution in [0.25, 0.3) is 0 Å². The molecule has 1 aliphatic carbocycles. The standard InChI is InChI=1S/C15H18N2O6/c1-3-22-13-7-4-10(8-12(13)17(20)21)15(19)23-9(2)14(18)16-11-5-6-11/h4,7-9,11H,3,5-6H2,1-2H3,(H,16,18)/t9-/m1/s1. The molecule has 1 atom stereocenters. The molecule has 1 amide bonds. The summed E-state index contributed by atoms with van der Waals surface area (Å²) in [5.41, 5.74) is -0.331. The summed E-state index contributed by atoms with van der Waals surface area (Å²) in [6.45, 7) is 3.42. The Labute approximate surface area is 132 Å². The van der Waals surface area contributed by atoms with Gasteiger partial charge in [-0.15, -0.1) is 0 Å². The van der Waals surface area contributed by atoms with E-state index in [0.29, 0.717) is 0 Å². The Morgan fingerprint density at radius 1 is 1.43 bits per heavy atom. The Balaban J connectivity index is 2.07. The van der Waals surface area contributed by atoms with Crippen LogP contribution in [0.5, 0.6) is 5.75 Å². The number of rotatable bonds is 7. The highest BCUT2D eigenvalue weighted by Crippen LogP contribution is 2.28. The zero-order chi connectivity index (χ0) is 17.0. The molecule has 124 valence electrons. The van der Waals surface area contributed by atoms with Crippen LogP contribution in [0.15, 0.2) is 18.2 Å². The molecule has 2 rings (SSSR count). The van der Waals surface area contributed by atoms with E-state index in [-0.39, 0.29) is 35.6 Å². The molecule has 8 nitrogen and oxygen atoms in total. The molecule has 1 saturated carbocycles. The van der Waals surface area contributed by atoms with Crippen LogP contribution in [0, 0.1) is 10.1 Å². The normalized spacial score (nSPS) is 14.7. The van der Waals surface area contributed by atoms with Crippen LogP contribution in [0.1, 0.15) is 37.0 Å². The van der Waals surface area contributed by atoms with Gasteiger partial charge in [0.1, 0.15) is 0 Å². The molecule has 0 aromatic heterocycles. The predicted molar refractivity (Wildman–Crippen MR) is 80.3 cm³/mol. The van der Waals surface area contributed by atoms with Crippen LogP contribution < -0.4 is 10.1 Å². The lowest BCUT2D eigenvalue weighted by atomic mass is 10.2. The fourth-order valence-electron chi connectivity index (χ4n) is 1.89. The first-order valence-corrected chi connectivity index (χ1v) is 7.35. The van der Waals surface area contributed by atoms with Crippen molar-refractivity contribution >= 4 is 17.6 Å². The number of benzene rings is 1. The minimum Gasteiger partial charge on any atom is -0.487 e. The monoisotopic (exact) mass is 322 g/mol. The lowest BCUT2D eigenvalue weighted by molar-refractivity contribution is -0.385. The maximum Gasteiger partial charge on any atom is 0.339 e. The number of nitro benzene ring substituents is 1. The van der Waals surface area contributed by atoms with Gasteiger partial charge in [0.25, 0.3) is 5.91 Å². The number of carbonyl (C=O) groups is 2. The molecule has 0 aliphatic heterocycles. The van der Waals surface area contributed by atoms with Crippen molar-refractivity contribution in [3.05, 3.63) is 33.9 Å². The quantitative estimate of drug-likeness (QED) is 0.466. The smallest absolute Gasteiger partial charge is 0.339 e. The van der Waals surface area contributed by atoms with E-state index >= 15 is 0 Å². The highest BCUT2D eigenvalue weighted by Gasteiger charge is 2.28. The summed E-state index contributed by atoms with van der Waals surface area (Å²) in [5.74, 6) is -1.09. The number of hydrogen-bond donors (Lipinski definition) is 1. The van der Waals surface area contributed by atoms with Gasteiger partial charge in [0, 0.05) is 12.1 Å². The van der Waals surface area contributed by atoms with E-state index in [1.165, 1.54) is 19.1 Å². The van der Waals surface area contributed by atoms with E-state index in [1.807, 2.05) is 0 Å². The SMILES string of the molecule is CCOc1ccc(C(=O)O[C@H](C)C(=O)NC2CC2)cc1[N+](=O)[O-]. The zero-order valence-electron chi connectivity index (χ0n) is 12.9. The molecule has 1 aliphatic rings. The molecular weight excluding hydrogens is 304 g/mol. The number of nitro groups is 1. The van der Waals surface area contributed by atoms with E-state index in [0.717, 1.165) is 18.9 Å². The molecule has 0 heterocycles. The fraction of sp³-hybridized carbons (Fsp3) is 0.467. The van der Waals surface area contributed by atoms with Crippen molar-refractivity contribution in [3.8, 4) is 5.75 Å². The largest absolute Gasteiger partial charge is 0.487 e. The van der Waals surface area contributed by atoms with E-state index < -0.39 is 17.0 Å². The van der Waals surface area contributed by atoms with Gasteiger partial charge in [-0.1, -0.05) is 0 Å². The summed E-state index contributed by atoms with van der Waals surface area (Å²) in [6, 6.07) is 3.95. The van der Waals surface area contributed by atoms with E-state index in [1.54, 1.807) is 6.92 Å². The van der Waals surface area contributed by atoms with Crippen molar-refractivity contribution < 1.29 is 24.0 Å². The Morgan fingerprint density at radius 2 is 2.13 bits per heavy atom. The van der Waals surface area contributed by atoms with Crippen molar-refractivity contribution in [3.63, 3.8) is 0 Å². The molecule has 1 aromatic rings. The van der Waals surface area contributed by atoms with Crippen molar-refractivity contribution in [2.75, 3.05) is 6.61 Å². The average molecular weight is 322 g/mol. The molecule has 0 saturated heterocycles. The summed E-state index contributed by atoms with van der Waals surface area (Å²) >= 11 is 0. The van der Waals surface area contributed by atoms with Gasteiger partial charge in [-0.05, 0) is 38.8 Å². The third-order valence-electron chi connectivity index (χ3n) is 3.27. The second-order valence-electron chi connectivity index (χ2n) is 5.20. The number of nitrogens with zero attached hydrogens (tertiary/aromatic N) is 1. The lowest BCUT2D eigenvalue weighted by Crippen LogP contribution is -2.37. The zero-order valence-corrected chi connectivity index (χ0v) is 12.9. The summed E-state index contributed by atoms with van der Waals surface area (Å²) in [5, 5.41) is 13.8. The minimum atomic E-state index is -0.964. The van der Waals surface area contributed by atoms with E-state index in [4.69, 9.17) is 9.47 Å². The second-order valence-corrected chi connectivity index (χ2v) is 5.20. The van der Waals surface area contributed by atoms with Gasteiger partial charge in [0.05, 0.1) is 17.1 Å². The number of ether oxygens (including phenoxy) is 2. The van der Waals surface area contributed by atoms with Crippen LogP contribution in [0.3, 0.4) is 0 Å². The van der Waals surface area contributed by atoms with E-state index in [2.05, 4.69) is 5.32 Å². The van der Waals surface area contributed by atoms with Crippen LogP contribution >= 0.6 is 0 Å². The maximum absolute atomic E-state index is 12.0. The molecule has 0 bridgehead atoms. The molecule has 1 N–H and O–H groups in total. The third-order valence-corrected chi connectivity index (χ3v) is 3.27. The number of nitrogens with one attached hydrogen (secondary N) is 1. The van der Waals surface area contributed by atoms with Crippen LogP contribution in [0.2, 0.25) is 0 Å². The van der Waals surface area contributed by atoms with Crippen molar-refractivity contribution in [2.45, 2.75) is 38.8 Å². The number of carbonyl (C=O) groups excluding carboxylic acids is 2. The molecule has 23 heavy (non-hydrogen) atoms. The molecule has 0 radical (unpaired) electrons. The summed E-state index contributed by atoms with van der Waals surface area (Å²) < 4.78 is 10.2. The van der Waals surface area contributed by atoms with Crippen LogP contribution in [-0.4, -0.2) is 35.6 Å². The highest BCUT2D eigenvalue weighted by atomic mass is 16.6. The van der Waals surface area contributed by atoms with Gasteiger partial charge >= 0.3 is 11.7 Å². The van der Waals surface area contributed by atoms with Crippen LogP contribution in [-0.2, 0) is 9.53 Å². The van der Waals surface area contributed by atoms with Crippen LogP contribution in [0.4, 0.5) is 5.69 Å². The second kappa shape index (κ2) is 7.08. The van der Waals surface area contributed by atoms with Crippen molar-refractivity contribution in [1.29, 1.82) is 0 Å². The van der Waals surface area contributed by atoms with E-state index in [9.17, 15) is 19.7 Å². The number of amides is 1. The topological polar surface area (TPSA) is 108 Å². The molecule has 8 heteroatoms. The lowest BCUT2D eigenvalue weighted by Gasteiger charge is -2.13. The average Bonchev–Trinajstić information content (AvgIpc) is 3.31. The Kier molecular flexibility index (Phi) is 5.15. The Bertz CT molecular complexity index is 626. The molecule has 0 unspecified atom stereocenters. The van der Waals surface area contributed by atoms with Crippen molar-refractivity contribution in [1.82, 2.24) is 5.32 Å². The number of hydrogen-bond acceptors (Lipinski definition) is 6. The van der Waals surface area contributed by atoms with Gasteiger partial charge in [0.2, 0.25) is 0 Å². The van der Waals surface area contributed by atoms with Gasteiger partial charge in [-0.2, -0.15) is 0 Å². The molecule has 0 spiro atoms. The summed E-state index contributed by atoms with van der Waals surface area (Å²) in [7, 11) is 0. The first kappa shape index (κ1) is 16.7. The van der Waals surface area contributed by atoms with Crippen molar-refractivity contribution in [2.24, 2.45) is 0 Å². The van der Waals surface area contributed by atoms with Gasteiger partial charge in [0.15, 0.2) is 11.9 Å². The summed E-state index contributed by atoms with van der Waals surface area (Å²) in [6.07, 6.45) is 0.892. The Morgan fingerprint density at radius 3 is 2.70 bits per heavy atom. The van der Waals surface area contributed by atoms with Gasteiger partial charge in [-0.3, -0.25) is 14.9 Å². The summed E-state index contributed by atoms with van der Waals surface area (Å²) in [4.78, 5) is 34.2. The molecule has 1 fully saturated rings. The third kappa shape index (κ3) is 4.41. The predicted octanol–water partition coefficient (Wildman–Crippen LogP) is 1.82. The first-order chi connectivity index (χ1) is 10.9. The maximum atomic E-state index is 12.0. The molecule has 1 aromatic carbocycles. The first-order valence-electron chi connectivity index (χ1n) is 7.35. The molecular formula is C15H18N2O6. The Hall–Kier alpha value is -2.64. The van der Waals surface area contributed by atoms with Gasteiger partial charge < -0.3 is 14.8 Å². The highest BCUT2D eigenvalue weighted by molar-refractivity contribution is 5.93. The number of esters is 1. The minimum absolute atomic E-state index is 0.00812. The fourth-order valence-corrected chi connectivity index (χ4v) is 1.89.